The second-order valence-corrected chi connectivity index (χ2v) is 14.5. The summed E-state index contributed by atoms with van der Waals surface area (Å²) in [5, 5.41) is 51.8. The summed E-state index contributed by atoms with van der Waals surface area (Å²) >= 11 is 0. The highest BCUT2D eigenvalue weighted by Crippen LogP contribution is 2.55. The molecule has 0 amide bonds. The van der Waals surface area contributed by atoms with Crippen molar-refractivity contribution < 1.29 is 34.7 Å². The zero-order valence-electron chi connectivity index (χ0n) is 30.2. The largest absolute Gasteiger partial charge is 0.507 e. The van der Waals surface area contributed by atoms with Gasteiger partial charge < -0.3 is 34.7 Å². The third kappa shape index (κ3) is 11.0. The van der Waals surface area contributed by atoms with Gasteiger partial charge in [0.05, 0.1) is 24.9 Å². The van der Waals surface area contributed by atoms with Crippen molar-refractivity contribution in [3.05, 3.63) is 75.4 Å². The number of aromatic hydroxyl groups is 1. The first-order valence-corrected chi connectivity index (χ1v) is 17.3. The highest BCUT2D eigenvalue weighted by atomic mass is 16.5. The van der Waals surface area contributed by atoms with Crippen LogP contribution in [0.3, 0.4) is 0 Å². The Morgan fingerprint density at radius 3 is 2.35 bits per heavy atom. The summed E-state index contributed by atoms with van der Waals surface area (Å²) in [6, 6.07) is 1.39. The van der Waals surface area contributed by atoms with E-state index in [4.69, 9.17) is 9.15 Å². The van der Waals surface area contributed by atoms with Crippen molar-refractivity contribution in [1.82, 2.24) is 0 Å². The molecule has 11 unspecified atom stereocenters. The number of rotatable bonds is 15. The van der Waals surface area contributed by atoms with E-state index in [1.54, 1.807) is 0 Å². The lowest BCUT2D eigenvalue weighted by atomic mass is 9.89. The van der Waals surface area contributed by atoms with E-state index in [1.807, 2.05) is 26.8 Å². The fourth-order valence-electron chi connectivity index (χ4n) is 6.64. The molecule has 1 saturated carbocycles. The summed E-state index contributed by atoms with van der Waals surface area (Å²) in [5.41, 5.74) is 0.690. The van der Waals surface area contributed by atoms with E-state index in [9.17, 15) is 30.3 Å². The van der Waals surface area contributed by atoms with Crippen LogP contribution in [0.25, 0.3) is 0 Å². The zero-order valence-corrected chi connectivity index (χ0v) is 30.2. The lowest BCUT2D eigenvalue weighted by Gasteiger charge is -2.36. The Balaban J connectivity index is 0.00000392. The van der Waals surface area contributed by atoms with E-state index in [1.165, 1.54) is 24.5 Å². The lowest BCUT2D eigenvalue weighted by Crippen LogP contribution is -2.45. The molecule has 1 aromatic heterocycles. The topological polar surface area (TPSA) is 141 Å². The van der Waals surface area contributed by atoms with Crippen molar-refractivity contribution in [2.24, 2.45) is 29.6 Å². The predicted octanol–water partition coefficient (Wildman–Crippen LogP) is 6.52. The molecule has 1 aliphatic carbocycles. The van der Waals surface area contributed by atoms with Crippen LogP contribution in [0.15, 0.2) is 62.9 Å². The van der Waals surface area contributed by atoms with Crippen molar-refractivity contribution in [3.63, 3.8) is 0 Å². The Hall–Kier alpha value is -2.93. The fourth-order valence-corrected chi connectivity index (χ4v) is 6.64. The summed E-state index contributed by atoms with van der Waals surface area (Å²) in [6.45, 7) is 16.6. The second kappa shape index (κ2) is 18.7. The minimum absolute atomic E-state index is 0.0161. The van der Waals surface area contributed by atoms with E-state index in [0.29, 0.717) is 11.7 Å². The molecule has 8 nitrogen and oxygen atoms in total. The molecule has 0 aromatic carbocycles. The van der Waals surface area contributed by atoms with Gasteiger partial charge in [0.15, 0.2) is 0 Å². The third-order valence-corrected chi connectivity index (χ3v) is 10.0. The van der Waals surface area contributed by atoms with Crippen molar-refractivity contribution in [2.75, 3.05) is 6.61 Å². The van der Waals surface area contributed by atoms with Crippen LogP contribution >= 0.6 is 0 Å². The van der Waals surface area contributed by atoms with Crippen LogP contribution in [0.1, 0.15) is 105 Å². The maximum absolute atomic E-state index is 13.0. The van der Waals surface area contributed by atoms with E-state index in [0.717, 1.165) is 24.3 Å². The van der Waals surface area contributed by atoms with Gasteiger partial charge in [0.2, 0.25) is 0 Å². The molecule has 0 radical (unpaired) electrons. The number of allylic oxidation sites excluding steroid dienone is 7. The first-order valence-electron chi connectivity index (χ1n) is 17.3. The van der Waals surface area contributed by atoms with Crippen molar-refractivity contribution in [3.8, 4) is 18.6 Å². The summed E-state index contributed by atoms with van der Waals surface area (Å²) in [7, 11) is 0. The van der Waals surface area contributed by atoms with Crippen LogP contribution in [0.2, 0.25) is 0 Å². The van der Waals surface area contributed by atoms with Crippen LogP contribution in [0.5, 0.6) is 5.75 Å². The number of hydrogen-bond donors (Lipinski definition) is 5. The molecule has 2 aliphatic rings. The molecule has 0 bridgehead atoms. The molecule has 48 heavy (non-hydrogen) atoms. The van der Waals surface area contributed by atoms with Gasteiger partial charge in [0.1, 0.15) is 29.3 Å². The van der Waals surface area contributed by atoms with Gasteiger partial charge in [0, 0.05) is 23.8 Å². The Morgan fingerprint density at radius 2 is 1.75 bits per heavy atom. The molecule has 0 spiro atoms. The Morgan fingerprint density at radius 1 is 1.10 bits per heavy atom. The SMILES string of the molecule is C#C.CCC(C)CC(C)/C=C(C)/C=C/CC(C)C(O)C(C)/C=C(C)/C=C/C1CC1(C)c1cc(O)c(C2OC(CO)CC(O)C2O)c(=O)o1. The molecule has 8 heteroatoms. The standard InChI is InChI=1S/C38H58O8.C2H2/c1-9-22(2)15-25(5)16-23(3)11-10-12-26(6)34(42)27(7)17-24(4)13-14-28-20-38(28,8)32-19-30(40)33(37(44)46-32)36-35(43)31(41)18-29(21-39)45-36;1-2/h10-11,13-14,16-17,19,22,25-29,31,34-36,39-43H,9,12,15,18,20-21H2,1-8H3;1-2H/b11-10+,14-13+,23-16+,24-17+;. The van der Waals surface area contributed by atoms with Gasteiger partial charge in [-0.05, 0) is 56.8 Å². The maximum Gasteiger partial charge on any atom is 0.345 e. The van der Waals surface area contributed by atoms with Gasteiger partial charge in [-0.3, -0.25) is 0 Å². The summed E-state index contributed by atoms with van der Waals surface area (Å²) < 4.78 is 11.2. The number of hydrogen-bond acceptors (Lipinski definition) is 8. The molecule has 2 heterocycles. The Labute approximate surface area is 287 Å². The average Bonchev–Trinajstić information content (AvgIpc) is 3.72. The van der Waals surface area contributed by atoms with Crippen LogP contribution in [-0.4, -0.2) is 56.6 Å². The van der Waals surface area contributed by atoms with E-state index >= 15 is 0 Å². The smallest absolute Gasteiger partial charge is 0.345 e. The molecule has 11 atom stereocenters. The molecule has 1 aliphatic heterocycles. The molecule has 5 N–H and O–H groups in total. The van der Waals surface area contributed by atoms with Crippen LogP contribution in [0, 0.1) is 42.4 Å². The van der Waals surface area contributed by atoms with Crippen molar-refractivity contribution in [1.29, 1.82) is 0 Å². The number of aliphatic hydroxyl groups is 4. The monoisotopic (exact) mass is 668 g/mol. The zero-order chi connectivity index (χ0) is 36.3. The molecule has 3 rings (SSSR count). The van der Waals surface area contributed by atoms with Gasteiger partial charge in [-0.2, -0.15) is 0 Å². The van der Waals surface area contributed by atoms with Crippen LogP contribution in [-0.2, 0) is 10.2 Å². The summed E-state index contributed by atoms with van der Waals surface area (Å²) in [5.74, 6) is 1.39. The van der Waals surface area contributed by atoms with Gasteiger partial charge in [0.25, 0.3) is 0 Å². The molecular formula is C40H60O8. The van der Waals surface area contributed by atoms with Gasteiger partial charge in [-0.1, -0.05) is 95.6 Å². The van der Waals surface area contributed by atoms with Gasteiger partial charge >= 0.3 is 5.63 Å². The van der Waals surface area contributed by atoms with Crippen LogP contribution in [0.4, 0.5) is 0 Å². The number of ether oxygens (including phenoxy) is 1. The van der Waals surface area contributed by atoms with Crippen molar-refractivity contribution in [2.45, 2.75) is 123 Å². The Kier molecular flexibility index (Phi) is 16.1. The van der Waals surface area contributed by atoms with Gasteiger partial charge in [-0.25, -0.2) is 4.79 Å². The highest BCUT2D eigenvalue weighted by molar-refractivity contribution is 5.39. The first-order chi connectivity index (χ1) is 22.6. The predicted molar refractivity (Wildman–Crippen MR) is 191 cm³/mol. The maximum atomic E-state index is 13.0. The average molecular weight is 669 g/mol. The second-order valence-electron chi connectivity index (χ2n) is 14.5. The van der Waals surface area contributed by atoms with E-state index < -0.39 is 48.2 Å². The summed E-state index contributed by atoms with van der Waals surface area (Å²) in [4.78, 5) is 13.0. The minimum Gasteiger partial charge on any atom is -0.507 e. The van der Waals surface area contributed by atoms with Crippen LogP contribution < -0.4 is 5.63 Å². The Bertz CT molecular complexity index is 1370. The summed E-state index contributed by atoms with van der Waals surface area (Å²) in [6.07, 6.45) is 19.5. The number of aliphatic hydroxyl groups excluding tert-OH is 4. The number of terminal acetylenes is 1. The molecule has 1 saturated heterocycles. The van der Waals surface area contributed by atoms with Crippen molar-refractivity contribution >= 4 is 0 Å². The third-order valence-electron chi connectivity index (χ3n) is 10.0. The minimum atomic E-state index is -1.44. The van der Waals surface area contributed by atoms with E-state index in [2.05, 4.69) is 77.8 Å². The van der Waals surface area contributed by atoms with Gasteiger partial charge in [-0.15, -0.1) is 12.8 Å². The fraction of sp³-hybridized carbons (Fsp3) is 0.625. The quantitative estimate of drug-likeness (QED) is 0.105. The lowest BCUT2D eigenvalue weighted by molar-refractivity contribution is -0.180. The first kappa shape index (κ1) is 41.2. The highest BCUT2D eigenvalue weighted by Gasteiger charge is 2.52. The van der Waals surface area contributed by atoms with E-state index in [-0.39, 0.29) is 35.5 Å². The molecule has 2 fully saturated rings. The normalized spacial score (nSPS) is 29.6. The molecular weight excluding hydrogens is 608 g/mol. The molecule has 268 valence electrons. The molecule has 1 aromatic rings.